The molecule has 1 heterocycles. The Morgan fingerprint density at radius 3 is 2.59 bits per heavy atom. The fourth-order valence-corrected chi connectivity index (χ4v) is 2.47. The van der Waals surface area contributed by atoms with Crippen molar-refractivity contribution in [3.05, 3.63) is 29.8 Å². The van der Waals surface area contributed by atoms with Gasteiger partial charge in [0, 0.05) is 24.7 Å². The lowest BCUT2D eigenvalue weighted by atomic mass is 9.89. The first-order valence-corrected chi connectivity index (χ1v) is 5.73. The predicted molar refractivity (Wildman–Crippen MR) is 66.6 cm³/mol. The summed E-state index contributed by atoms with van der Waals surface area (Å²) in [6.07, 6.45) is 0. The quantitative estimate of drug-likeness (QED) is 0.614. The summed E-state index contributed by atoms with van der Waals surface area (Å²) in [4.78, 5) is 13.9. The summed E-state index contributed by atoms with van der Waals surface area (Å²) in [5, 5.41) is 0. The maximum atomic E-state index is 11.7. The Hall–Kier alpha value is -1.55. The zero-order valence-corrected chi connectivity index (χ0v) is 10.2. The number of hydrogen-bond acceptors (Lipinski definition) is 4. The molecule has 92 valence electrons. The van der Waals surface area contributed by atoms with Gasteiger partial charge in [0.25, 0.3) is 0 Å². The molecule has 0 unspecified atom stereocenters. The normalized spacial score (nSPS) is 24.8. The van der Waals surface area contributed by atoms with Crippen LogP contribution in [0.5, 0.6) is 0 Å². The molecule has 2 rings (SSSR count). The molecule has 1 fully saturated rings. The molecular weight excluding hydrogens is 216 g/mol. The number of nitrogens with two attached hydrogens (primary N) is 1. The summed E-state index contributed by atoms with van der Waals surface area (Å²) in [5.74, 6) is -0.00199. The van der Waals surface area contributed by atoms with Crippen molar-refractivity contribution in [2.75, 3.05) is 33.0 Å². The number of likely N-dealkylation sites (tertiary alicyclic amines) is 1. The molecular formula is C13H18N2O2. The molecule has 0 saturated carbocycles. The third-order valence-corrected chi connectivity index (χ3v) is 3.37. The second kappa shape index (κ2) is 4.75. The molecule has 4 heteroatoms. The molecule has 1 saturated heterocycles. The van der Waals surface area contributed by atoms with Gasteiger partial charge in [-0.25, -0.2) is 0 Å². The Bertz CT molecular complexity index is 402. The van der Waals surface area contributed by atoms with Crippen molar-refractivity contribution in [1.29, 1.82) is 0 Å². The van der Waals surface area contributed by atoms with Gasteiger partial charge in [0.2, 0.25) is 0 Å². The van der Waals surface area contributed by atoms with Crippen LogP contribution in [0.1, 0.15) is 11.5 Å². The topological polar surface area (TPSA) is 55.6 Å². The molecule has 1 aromatic rings. The molecule has 0 aromatic heterocycles. The number of hydrogen-bond donors (Lipinski definition) is 1. The van der Waals surface area contributed by atoms with Gasteiger partial charge in [-0.05, 0) is 24.7 Å². The minimum Gasteiger partial charge on any atom is -0.469 e. The largest absolute Gasteiger partial charge is 0.469 e. The van der Waals surface area contributed by atoms with Gasteiger partial charge in [0.15, 0.2) is 0 Å². The average molecular weight is 234 g/mol. The SMILES string of the molecule is COC(=O)[C@H]1CN(C)C[C@@H]1c1ccc(N)cc1. The number of carbonyl (C=O) groups excluding carboxylic acids is 1. The van der Waals surface area contributed by atoms with Crippen molar-refractivity contribution >= 4 is 11.7 Å². The first-order valence-electron chi connectivity index (χ1n) is 5.73. The van der Waals surface area contributed by atoms with Gasteiger partial charge in [0.05, 0.1) is 13.0 Å². The Morgan fingerprint density at radius 2 is 2.00 bits per heavy atom. The second-order valence-corrected chi connectivity index (χ2v) is 4.62. The van der Waals surface area contributed by atoms with E-state index in [1.54, 1.807) is 0 Å². The highest BCUT2D eigenvalue weighted by atomic mass is 16.5. The molecule has 1 aromatic carbocycles. The molecule has 0 spiro atoms. The van der Waals surface area contributed by atoms with E-state index >= 15 is 0 Å². The predicted octanol–water partition coefficient (Wildman–Crippen LogP) is 1.09. The van der Waals surface area contributed by atoms with Gasteiger partial charge in [-0.15, -0.1) is 0 Å². The molecule has 0 bridgehead atoms. The van der Waals surface area contributed by atoms with E-state index in [0.717, 1.165) is 24.3 Å². The zero-order valence-electron chi connectivity index (χ0n) is 10.2. The lowest BCUT2D eigenvalue weighted by Crippen LogP contribution is -2.23. The van der Waals surface area contributed by atoms with E-state index in [2.05, 4.69) is 4.90 Å². The number of rotatable bonds is 2. The molecule has 0 aliphatic carbocycles. The number of nitrogen functional groups attached to an aromatic ring is 1. The number of anilines is 1. The summed E-state index contributed by atoms with van der Waals surface area (Å²) in [6.45, 7) is 1.63. The minimum atomic E-state index is -0.129. The van der Waals surface area contributed by atoms with Gasteiger partial charge in [-0.1, -0.05) is 12.1 Å². The van der Waals surface area contributed by atoms with Crippen molar-refractivity contribution in [2.45, 2.75) is 5.92 Å². The summed E-state index contributed by atoms with van der Waals surface area (Å²) in [5.41, 5.74) is 7.57. The molecule has 1 aliphatic rings. The van der Waals surface area contributed by atoms with Crippen LogP contribution in [0, 0.1) is 5.92 Å². The molecule has 17 heavy (non-hydrogen) atoms. The van der Waals surface area contributed by atoms with Crippen molar-refractivity contribution in [3.63, 3.8) is 0 Å². The number of nitrogens with zero attached hydrogens (tertiary/aromatic N) is 1. The standard InChI is InChI=1S/C13H18N2O2/c1-15-7-11(12(8-15)13(16)17-2)9-3-5-10(14)6-4-9/h3-6,11-12H,7-8,14H2,1-2H3/t11-,12+/m1/s1. The van der Waals surface area contributed by atoms with Crippen LogP contribution in [0.25, 0.3) is 0 Å². The number of benzene rings is 1. The van der Waals surface area contributed by atoms with E-state index in [-0.39, 0.29) is 17.8 Å². The first-order chi connectivity index (χ1) is 8.11. The van der Waals surface area contributed by atoms with Crippen molar-refractivity contribution in [2.24, 2.45) is 5.92 Å². The second-order valence-electron chi connectivity index (χ2n) is 4.62. The third kappa shape index (κ3) is 2.42. The highest BCUT2D eigenvalue weighted by Crippen LogP contribution is 2.32. The van der Waals surface area contributed by atoms with Crippen LogP contribution >= 0.6 is 0 Å². The van der Waals surface area contributed by atoms with Gasteiger partial charge in [-0.2, -0.15) is 0 Å². The fraction of sp³-hybridized carbons (Fsp3) is 0.462. The average Bonchev–Trinajstić information content (AvgIpc) is 2.71. The molecule has 2 N–H and O–H groups in total. The number of methoxy groups -OCH3 is 1. The van der Waals surface area contributed by atoms with Crippen LogP contribution < -0.4 is 5.73 Å². The number of carbonyl (C=O) groups is 1. The number of ether oxygens (including phenoxy) is 1. The van der Waals surface area contributed by atoms with E-state index < -0.39 is 0 Å². The summed E-state index contributed by atoms with van der Waals surface area (Å²) < 4.78 is 4.87. The van der Waals surface area contributed by atoms with E-state index in [9.17, 15) is 4.79 Å². The Balaban J connectivity index is 2.23. The van der Waals surface area contributed by atoms with Crippen molar-refractivity contribution < 1.29 is 9.53 Å². The minimum absolute atomic E-state index is 0.0753. The van der Waals surface area contributed by atoms with Crippen LogP contribution in [-0.4, -0.2) is 38.1 Å². The Morgan fingerprint density at radius 1 is 1.35 bits per heavy atom. The van der Waals surface area contributed by atoms with Gasteiger partial charge in [0.1, 0.15) is 0 Å². The number of likely N-dealkylation sites (N-methyl/N-ethyl adjacent to an activating group) is 1. The number of esters is 1. The highest BCUT2D eigenvalue weighted by molar-refractivity contribution is 5.74. The fourth-order valence-electron chi connectivity index (χ4n) is 2.47. The van der Waals surface area contributed by atoms with E-state index in [1.165, 1.54) is 7.11 Å². The summed E-state index contributed by atoms with van der Waals surface area (Å²) in [7, 11) is 3.47. The first kappa shape index (κ1) is 11.9. The summed E-state index contributed by atoms with van der Waals surface area (Å²) >= 11 is 0. The van der Waals surface area contributed by atoms with Crippen LogP contribution in [0.3, 0.4) is 0 Å². The van der Waals surface area contributed by atoms with E-state index in [0.29, 0.717) is 0 Å². The van der Waals surface area contributed by atoms with Gasteiger partial charge < -0.3 is 15.4 Å². The summed E-state index contributed by atoms with van der Waals surface area (Å²) in [6, 6.07) is 7.74. The zero-order chi connectivity index (χ0) is 12.4. The Kier molecular flexibility index (Phi) is 3.33. The third-order valence-electron chi connectivity index (χ3n) is 3.37. The van der Waals surface area contributed by atoms with E-state index in [1.807, 2.05) is 31.3 Å². The van der Waals surface area contributed by atoms with Crippen LogP contribution in [0.15, 0.2) is 24.3 Å². The molecule has 0 radical (unpaired) electrons. The van der Waals surface area contributed by atoms with Crippen LogP contribution in [-0.2, 0) is 9.53 Å². The maximum Gasteiger partial charge on any atom is 0.310 e. The smallest absolute Gasteiger partial charge is 0.310 e. The lowest BCUT2D eigenvalue weighted by molar-refractivity contribution is -0.145. The van der Waals surface area contributed by atoms with Crippen molar-refractivity contribution in [3.8, 4) is 0 Å². The van der Waals surface area contributed by atoms with Crippen molar-refractivity contribution in [1.82, 2.24) is 4.90 Å². The molecule has 4 nitrogen and oxygen atoms in total. The maximum absolute atomic E-state index is 11.7. The monoisotopic (exact) mass is 234 g/mol. The highest BCUT2D eigenvalue weighted by Gasteiger charge is 2.37. The lowest BCUT2D eigenvalue weighted by Gasteiger charge is -2.16. The van der Waals surface area contributed by atoms with Crippen LogP contribution in [0.2, 0.25) is 0 Å². The van der Waals surface area contributed by atoms with E-state index in [4.69, 9.17) is 10.5 Å². The van der Waals surface area contributed by atoms with Gasteiger partial charge >= 0.3 is 5.97 Å². The molecule has 1 aliphatic heterocycles. The Labute approximate surface area is 101 Å². The van der Waals surface area contributed by atoms with Gasteiger partial charge in [-0.3, -0.25) is 4.79 Å². The van der Waals surface area contributed by atoms with Crippen LogP contribution in [0.4, 0.5) is 5.69 Å². The molecule has 0 amide bonds. The molecule has 2 atom stereocenters.